The van der Waals surface area contributed by atoms with Gasteiger partial charge in [0.15, 0.2) is 0 Å². The van der Waals surface area contributed by atoms with Crippen molar-refractivity contribution in [3.05, 3.63) is 35.4 Å². The summed E-state index contributed by atoms with van der Waals surface area (Å²) in [4.78, 5) is 24.1. The van der Waals surface area contributed by atoms with Gasteiger partial charge in [0, 0.05) is 0 Å². The zero-order valence-electron chi connectivity index (χ0n) is 10.5. The summed E-state index contributed by atoms with van der Waals surface area (Å²) in [6, 6.07) is 7.12. The highest BCUT2D eigenvalue weighted by Crippen LogP contribution is 2.48. The number of esters is 1. The molecule has 1 atom stereocenters. The average molecular weight is 279 g/mol. The molecule has 3 rings (SSSR count). The topological polar surface area (TPSA) is 43.4 Å². The smallest absolute Gasteiger partial charge is 0.339 e. The van der Waals surface area contributed by atoms with Crippen LogP contribution < -0.4 is 0 Å². The van der Waals surface area contributed by atoms with Crippen molar-refractivity contribution in [2.75, 3.05) is 0 Å². The van der Waals surface area contributed by atoms with Crippen molar-refractivity contribution >= 4 is 22.8 Å². The Hall–Kier alpha value is -1.35. The van der Waals surface area contributed by atoms with Gasteiger partial charge in [-0.15, -0.1) is 0 Å². The van der Waals surface area contributed by atoms with Crippen molar-refractivity contribution < 1.29 is 14.3 Å². The molecule has 19 heavy (non-hydrogen) atoms. The second-order valence-electron chi connectivity index (χ2n) is 5.34. The van der Waals surface area contributed by atoms with E-state index in [4.69, 9.17) is 16.3 Å². The first-order valence-electron chi connectivity index (χ1n) is 6.66. The molecule has 0 bridgehead atoms. The molecule has 1 aromatic rings. The van der Waals surface area contributed by atoms with Gasteiger partial charge in [0.2, 0.25) is 5.24 Å². The maximum atomic E-state index is 12.2. The van der Waals surface area contributed by atoms with Crippen molar-refractivity contribution in [2.45, 2.75) is 43.6 Å². The molecular formula is C15H15ClO3. The molecule has 1 fully saturated rings. The number of ether oxygens (including phenoxy) is 1. The minimum atomic E-state index is -0.720. The summed E-state index contributed by atoms with van der Waals surface area (Å²) in [5, 5.41) is -0.429. The van der Waals surface area contributed by atoms with E-state index in [1.165, 1.54) is 0 Å². The molecule has 1 aliphatic heterocycles. The van der Waals surface area contributed by atoms with E-state index < -0.39 is 16.8 Å². The van der Waals surface area contributed by atoms with Crippen LogP contribution in [0.1, 0.15) is 53.9 Å². The first-order valence-corrected chi connectivity index (χ1v) is 7.03. The molecule has 1 saturated carbocycles. The van der Waals surface area contributed by atoms with Gasteiger partial charge in [-0.3, -0.25) is 4.79 Å². The van der Waals surface area contributed by atoms with Crippen LogP contribution in [0.3, 0.4) is 0 Å². The average Bonchev–Trinajstić information content (AvgIpc) is 2.39. The predicted octanol–water partition coefficient (Wildman–Crippen LogP) is 3.41. The quantitative estimate of drug-likeness (QED) is 0.584. The van der Waals surface area contributed by atoms with Crippen LogP contribution in [0, 0.1) is 0 Å². The Labute approximate surface area is 116 Å². The first kappa shape index (κ1) is 12.7. The van der Waals surface area contributed by atoms with E-state index in [1.807, 2.05) is 12.1 Å². The Morgan fingerprint density at radius 1 is 1.21 bits per heavy atom. The molecule has 100 valence electrons. The Kier molecular flexibility index (Phi) is 3.09. The van der Waals surface area contributed by atoms with Gasteiger partial charge in [-0.25, -0.2) is 4.79 Å². The fraction of sp³-hybridized carbons (Fsp3) is 0.467. The zero-order valence-corrected chi connectivity index (χ0v) is 11.3. The molecule has 1 aromatic carbocycles. The second-order valence-corrected chi connectivity index (χ2v) is 5.71. The first-order chi connectivity index (χ1) is 9.14. The Balaban J connectivity index is 2.13. The number of hydrogen-bond donors (Lipinski definition) is 0. The van der Waals surface area contributed by atoms with Crippen LogP contribution in [0.25, 0.3) is 0 Å². The monoisotopic (exact) mass is 278 g/mol. The highest BCUT2D eigenvalue weighted by Gasteiger charge is 2.51. The summed E-state index contributed by atoms with van der Waals surface area (Å²) < 4.78 is 5.67. The van der Waals surface area contributed by atoms with Gasteiger partial charge in [0.05, 0.1) is 11.5 Å². The van der Waals surface area contributed by atoms with Gasteiger partial charge in [-0.1, -0.05) is 24.6 Å². The van der Waals surface area contributed by atoms with E-state index in [0.29, 0.717) is 5.56 Å². The highest BCUT2D eigenvalue weighted by molar-refractivity contribution is 6.65. The van der Waals surface area contributed by atoms with Gasteiger partial charge < -0.3 is 4.74 Å². The molecule has 1 aliphatic carbocycles. The number of halogens is 1. The number of hydrogen-bond acceptors (Lipinski definition) is 3. The molecule has 4 heteroatoms. The molecule has 0 radical (unpaired) electrons. The highest BCUT2D eigenvalue weighted by atomic mass is 35.5. The third kappa shape index (κ3) is 1.96. The van der Waals surface area contributed by atoms with Crippen LogP contribution in [-0.4, -0.2) is 16.8 Å². The fourth-order valence-corrected chi connectivity index (χ4v) is 3.70. The minimum Gasteiger partial charge on any atom is -0.454 e. The van der Waals surface area contributed by atoms with Crippen LogP contribution in [0.2, 0.25) is 0 Å². The summed E-state index contributed by atoms with van der Waals surface area (Å²) in [7, 11) is 0. The number of rotatable bonds is 1. The van der Waals surface area contributed by atoms with E-state index in [9.17, 15) is 9.59 Å². The molecule has 1 heterocycles. The minimum absolute atomic E-state index is 0.327. The van der Waals surface area contributed by atoms with Gasteiger partial charge in [0.1, 0.15) is 5.60 Å². The predicted molar refractivity (Wildman–Crippen MR) is 71.3 cm³/mol. The SMILES string of the molecule is O=C1OC2(CCCCC2)C(C(=O)Cl)c2ccccc21. The molecular weight excluding hydrogens is 264 g/mol. The van der Waals surface area contributed by atoms with Gasteiger partial charge >= 0.3 is 5.97 Å². The van der Waals surface area contributed by atoms with Gasteiger partial charge in [0.25, 0.3) is 0 Å². The normalized spacial score (nSPS) is 24.7. The van der Waals surface area contributed by atoms with E-state index in [1.54, 1.807) is 12.1 Å². The maximum Gasteiger partial charge on any atom is 0.339 e. The summed E-state index contributed by atoms with van der Waals surface area (Å²) in [5.41, 5.74) is 0.473. The van der Waals surface area contributed by atoms with Crippen LogP contribution in [0.15, 0.2) is 24.3 Å². The summed E-state index contributed by atoms with van der Waals surface area (Å²) in [5.74, 6) is -0.852. The molecule has 0 saturated heterocycles. The Morgan fingerprint density at radius 2 is 1.89 bits per heavy atom. The summed E-state index contributed by atoms with van der Waals surface area (Å²) >= 11 is 5.82. The lowest BCUT2D eigenvalue weighted by Crippen LogP contribution is -2.48. The second kappa shape index (κ2) is 4.64. The number of carbonyl (C=O) groups excluding carboxylic acids is 2. The molecule has 0 amide bonds. The molecule has 3 nitrogen and oxygen atoms in total. The number of benzene rings is 1. The maximum absolute atomic E-state index is 12.2. The van der Waals surface area contributed by atoms with Crippen LogP contribution >= 0.6 is 11.6 Å². The van der Waals surface area contributed by atoms with Gasteiger partial charge in [-0.2, -0.15) is 0 Å². The van der Waals surface area contributed by atoms with Crippen LogP contribution in [-0.2, 0) is 9.53 Å². The summed E-state index contributed by atoms with van der Waals surface area (Å²) in [6.07, 6.45) is 4.49. The van der Waals surface area contributed by atoms with Crippen LogP contribution in [0.5, 0.6) is 0 Å². The van der Waals surface area contributed by atoms with Crippen molar-refractivity contribution in [3.63, 3.8) is 0 Å². The van der Waals surface area contributed by atoms with E-state index >= 15 is 0 Å². The number of fused-ring (bicyclic) bond motifs is 1. The lowest BCUT2D eigenvalue weighted by molar-refractivity contribution is -0.123. The number of carbonyl (C=O) groups is 2. The molecule has 1 unspecified atom stereocenters. The molecule has 1 spiro atoms. The lowest BCUT2D eigenvalue weighted by atomic mass is 9.70. The third-order valence-electron chi connectivity index (χ3n) is 4.24. The molecule has 2 aliphatic rings. The third-order valence-corrected chi connectivity index (χ3v) is 4.46. The molecule has 0 N–H and O–H groups in total. The van der Waals surface area contributed by atoms with E-state index in [0.717, 1.165) is 37.7 Å². The van der Waals surface area contributed by atoms with Gasteiger partial charge in [-0.05, 0) is 48.9 Å². The van der Waals surface area contributed by atoms with Crippen molar-refractivity contribution in [1.82, 2.24) is 0 Å². The Bertz CT molecular complexity index is 532. The standard InChI is InChI=1S/C15H15ClO3/c16-13(17)12-10-6-2-3-7-11(10)14(18)19-15(12)8-4-1-5-9-15/h2-3,6-7,12H,1,4-5,8-9H2. The van der Waals surface area contributed by atoms with Crippen LogP contribution in [0.4, 0.5) is 0 Å². The fourth-order valence-electron chi connectivity index (χ4n) is 3.39. The lowest BCUT2D eigenvalue weighted by Gasteiger charge is -2.44. The molecule has 0 aromatic heterocycles. The largest absolute Gasteiger partial charge is 0.454 e. The zero-order chi connectivity index (χ0) is 13.5. The van der Waals surface area contributed by atoms with Crippen molar-refractivity contribution in [3.8, 4) is 0 Å². The van der Waals surface area contributed by atoms with Crippen molar-refractivity contribution in [1.29, 1.82) is 0 Å². The summed E-state index contributed by atoms with van der Waals surface area (Å²) in [6.45, 7) is 0. The van der Waals surface area contributed by atoms with Crippen molar-refractivity contribution in [2.24, 2.45) is 0 Å². The van der Waals surface area contributed by atoms with E-state index in [-0.39, 0.29) is 5.97 Å². The Morgan fingerprint density at radius 3 is 2.58 bits per heavy atom. The van der Waals surface area contributed by atoms with E-state index in [2.05, 4.69) is 0 Å².